The third-order valence-corrected chi connectivity index (χ3v) is 4.73. The summed E-state index contributed by atoms with van der Waals surface area (Å²) < 4.78 is 8.22. The number of benzene rings is 1. The van der Waals surface area contributed by atoms with E-state index in [1.54, 1.807) is 7.11 Å². The van der Waals surface area contributed by atoms with Gasteiger partial charge in [-0.05, 0) is 46.8 Å². The molecule has 1 aromatic carbocycles. The van der Waals surface area contributed by atoms with Crippen LogP contribution in [-0.4, -0.2) is 22.1 Å². The summed E-state index contributed by atoms with van der Waals surface area (Å²) in [6.45, 7) is 0.981. The minimum atomic E-state index is 0.750. The van der Waals surface area contributed by atoms with Gasteiger partial charge in [-0.25, -0.2) is 4.68 Å². The molecule has 0 spiro atoms. The summed E-state index contributed by atoms with van der Waals surface area (Å²) in [7, 11) is 1.67. The topological polar surface area (TPSA) is 39.9 Å². The van der Waals surface area contributed by atoms with E-state index >= 15 is 0 Å². The number of halogens is 1. The van der Waals surface area contributed by atoms with Crippen molar-refractivity contribution >= 4 is 27.0 Å². The standard InChI is InChI=1S/C14H18BrN3O/c1-19-12-8-7-11-14(13(12)15)16-17-18(11)9-10-5-3-2-4-6-10/h7-8,10H,2-6,9H2,1H3. The molecular weight excluding hydrogens is 306 g/mol. The van der Waals surface area contributed by atoms with E-state index in [0.717, 1.165) is 33.7 Å². The van der Waals surface area contributed by atoms with Crippen LogP contribution < -0.4 is 4.74 Å². The van der Waals surface area contributed by atoms with Gasteiger partial charge in [0.05, 0.1) is 17.1 Å². The molecule has 19 heavy (non-hydrogen) atoms. The number of rotatable bonds is 3. The summed E-state index contributed by atoms with van der Waals surface area (Å²) in [6, 6.07) is 4.01. The van der Waals surface area contributed by atoms with E-state index in [2.05, 4.69) is 26.2 Å². The Morgan fingerprint density at radius 1 is 1.32 bits per heavy atom. The monoisotopic (exact) mass is 323 g/mol. The molecule has 1 aliphatic carbocycles. The second-order valence-corrected chi connectivity index (χ2v) is 6.02. The van der Waals surface area contributed by atoms with Crippen LogP contribution >= 0.6 is 15.9 Å². The highest BCUT2D eigenvalue weighted by molar-refractivity contribution is 9.10. The number of aromatic nitrogens is 3. The maximum absolute atomic E-state index is 5.29. The first-order valence-corrected chi connectivity index (χ1v) is 7.64. The first kappa shape index (κ1) is 12.9. The van der Waals surface area contributed by atoms with Crippen molar-refractivity contribution < 1.29 is 4.74 Å². The molecule has 5 heteroatoms. The summed E-state index contributed by atoms with van der Waals surface area (Å²) in [4.78, 5) is 0. The van der Waals surface area contributed by atoms with Crippen molar-refractivity contribution in [2.45, 2.75) is 38.6 Å². The van der Waals surface area contributed by atoms with Crippen molar-refractivity contribution in [2.75, 3.05) is 7.11 Å². The van der Waals surface area contributed by atoms with E-state index in [1.165, 1.54) is 32.1 Å². The SMILES string of the molecule is COc1ccc2c(nnn2CC2CCCCC2)c1Br. The number of fused-ring (bicyclic) bond motifs is 1. The second-order valence-electron chi connectivity index (χ2n) is 5.23. The minimum absolute atomic E-state index is 0.750. The molecule has 0 amide bonds. The van der Waals surface area contributed by atoms with Gasteiger partial charge < -0.3 is 4.74 Å². The zero-order valence-corrected chi connectivity index (χ0v) is 12.7. The Hall–Kier alpha value is -1.10. The molecule has 1 heterocycles. The van der Waals surface area contributed by atoms with Gasteiger partial charge >= 0.3 is 0 Å². The molecule has 102 valence electrons. The normalized spacial score (nSPS) is 16.9. The first-order chi connectivity index (χ1) is 9.29. The smallest absolute Gasteiger partial charge is 0.135 e. The van der Waals surface area contributed by atoms with E-state index in [-0.39, 0.29) is 0 Å². The predicted molar refractivity (Wildman–Crippen MR) is 78.4 cm³/mol. The van der Waals surface area contributed by atoms with Crippen LogP contribution in [0.1, 0.15) is 32.1 Å². The third-order valence-electron chi connectivity index (χ3n) is 3.97. The van der Waals surface area contributed by atoms with Gasteiger partial charge in [0.2, 0.25) is 0 Å². The molecule has 0 atom stereocenters. The van der Waals surface area contributed by atoms with Crippen molar-refractivity contribution in [3.05, 3.63) is 16.6 Å². The fourth-order valence-electron chi connectivity index (χ4n) is 2.89. The summed E-state index contributed by atoms with van der Waals surface area (Å²) >= 11 is 3.54. The molecule has 1 aromatic heterocycles. The fraction of sp³-hybridized carbons (Fsp3) is 0.571. The first-order valence-electron chi connectivity index (χ1n) is 6.85. The van der Waals surface area contributed by atoms with Crippen molar-refractivity contribution in [3.8, 4) is 5.75 Å². The molecule has 0 N–H and O–H groups in total. The number of hydrogen-bond acceptors (Lipinski definition) is 3. The zero-order chi connectivity index (χ0) is 13.2. The highest BCUT2D eigenvalue weighted by Gasteiger charge is 2.17. The van der Waals surface area contributed by atoms with Crippen LogP contribution in [0.3, 0.4) is 0 Å². The fourth-order valence-corrected chi connectivity index (χ4v) is 3.47. The van der Waals surface area contributed by atoms with Gasteiger partial charge in [-0.3, -0.25) is 0 Å². The Labute approximate surface area is 121 Å². The van der Waals surface area contributed by atoms with Crippen LogP contribution in [-0.2, 0) is 6.54 Å². The zero-order valence-electron chi connectivity index (χ0n) is 11.1. The predicted octanol–water partition coefficient (Wildman–Crippen LogP) is 3.78. The van der Waals surface area contributed by atoms with Gasteiger partial charge in [-0.2, -0.15) is 0 Å². The summed E-state index contributed by atoms with van der Waals surface area (Å²) in [5.74, 6) is 1.55. The maximum Gasteiger partial charge on any atom is 0.135 e. The lowest BCUT2D eigenvalue weighted by molar-refractivity contribution is 0.309. The Bertz CT molecular complexity index is 575. The van der Waals surface area contributed by atoms with Gasteiger partial charge in [-0.1, -0.05) is 24.5 Å². The van der Waals surface area contributed by atoms with Crippen LogP contribution in [0.15, 0.2) is 16.6 Å². The molecule has 2 aromatic rings. The Morgan fingerprint density at radius 2 is 2.11 bits per heavy atom. The highest BCUT2D eigenvalue weighted by atomic mass is 79.9. The lowest BCUT2D eigenvalue weighted by Crippen LogP contribution is -2.15. The van der Waals surface area contributed by atoms with Gasteiger partial charge in [0.25, 0.3) is 0 Å². The molecule has 1 fully saturated rings. The summed E-state index contributed by atoms with van der Waals surface area (Å²) in [5, 5.41) is 8.59. The van der Waals surface area contributed by atoms with Crippen molar-refractivity contribution in [1.82, 2.24) is 15.0 Å². The van der Waals surface area contributed by atoms with Crippen LogP contribution in [0.4, 0.5) is 0 Å². The molecule has 0 radical (unpaired) electrons. The lowest BCUT2D eigenvalue weighted by atomic mass is 9.89. The van der Waals surface area contributed by atoms with Gasteiger partial charge in [0.1, 0.15) is 11.3 Å². The molecule has 1 saturated carbocycles. The molecule has 3 rings (SSSR count). The Morgan fingerprint density at radius 3 is 2.84 bits per heavy atom. The van der Waals surface area contributed by atoms with E-state index in [9.17, 15) is 0 Å². The second kappa shape index (κ2) is 5.49. The van der Waals surface area contributed by atoms with Gasteiger partial charge in [0.15, 0.2) is 0 Å². The van der Waals surface area contributed by atoms with E-state index in [1.807, 2.05) is 16.8 Å². The Kier molecular flexibility index (Phi) is 3.73. The molecule has 0 unspecified atom stereocenters. The molecule has 1 aliphatic rings. The van der Waals surface area contributed by atoms with Crippen LogP contribution in [0.25, 0.3) is 11.0 Å². The average Bonchev–Trinajstić information content (AvgIpc) is 2.85. The number of hydrogen-bond donors (Lipinski definition) is 0. The summed E-state index contributed by atoms with van der Waals surface area (Å²) in [5.41, 5.74) is 1.97. The van der Waals surface area contributed by atoms with Crippen LogP contribution in [0.5, 0.6) is 5.75 Å². The number of nitrogens with zero attached hydrogens (tertiary/aromatic N) is 3. The molecule has 4 nitrogen and oxygen atoms in total. The Balaban J connectivity index is 1.90. The average molecular weight is 324 g/mol. The van der Waals surface area contributed by atoms with Crippen molar-refractivity contribution in [3.63, 3.8) is 0 Å². The molecule has 0 saturated heterocycles. The lowest BCUT2D eigenvalue weighted by Gasteiger charge is -2.21. The van der Waals surface area contributed by atoms with E-state index in [4.69, 9.17) is 4.74 Å². The molecular formula is C14H18BrN3O. The van der Waals surface area contributed by atoms with Gasteiger partial charge in [0, 0.05) is 6.54 Å². The van der Waals surface area contributed by atoms with Crippen LogP contribution in [0.2, 0.25) is 0 Å². The minimum Gasteiger partial charge on any atom is -0.495 e. The largest absolute Gasteiger partial charge is 0.495 e. The quantitative estimate of drug-likeness (QED) is 0.862. The van der Waals surface area contributed by atoms with Crippen LogP contribution in [0, 0.1) is 5.92 Å². The van der Waals surface area contributed by atoms with E-state index < -0.39 is 0 Å². The van der Waals surface area contributed by atoms with Crippen molar-refractivity contribution in [2.24, 2.45) is 5.92 Å². The molecule has 0 bridgehead atoms. The number of methoxy groups -OCH3 is 1. The van der Waals surface area contributed by atoms with Crippen molar-refractivity contribution in [1.29, 1.82) is 0 Å². The van der Waals surface area contributed by atoms with Gasteiger partial charge in [-0.15, -0.1) is 5.10 Å². The highest BCUT2D eigenvalue weighted by Crippen LogP contribution is 2.32. The summed E-state index contributed by atoms with van der Waals surface area (Å²) in [6.07, 6.45) is 6.73. The van der Waals surface area contributed by atoms with E-state index in [0.29, 0.717) is 0 Å². The molecule has 0 aliphatic heterocycles. The maximum atomic E-state index is 5.29. The third kappa shape index (κ3) is 2.48. The number of ether oxygens (including phenoxy) is 1.